The van der Waals surface area contributed by atoms with Crippen LogP contribution in [0.1, 0.15) is 17.0 Å². The molecular weight excluding hydrogens is 516 g/mol. The second kappa shape index (κ2) is 9.89. The Balaban J connectivity index is 1.73. The second-order valence-corrected chi connectivity index (χ2v) is 10.4. The fraction of sp³-hybridized carbons (Fsp3) is 0.182. The van der Waals surface area contributed by atoms with E-state index in [1.807, 2.05) is 44.2 Å². The van der Waals surface area contributed by atoms with E-state index in [9.17, 15) is 13.2 Å². The molecule has 3 aromatic rings. The van der Waals surface area contributed by atoms with Gasteiger partial charge in [0, 0.05) is 32.1 Å². The summed E-state index contributed by atoms with van der Waals surface area (Å²) in [5.74, 6) is -0.566. The highest BCUT2D eigenvalue weighted by Crippen LogP contribution is 2.22. The summed E-state index contributed by atoms with van der Waals surface area (Å²) in [4.78, 5) is 12.4. The van der Waals surface area contributed by atoms with Crippen molar-refractivity contribution in [2.45, 2.75) is 13.8 Å². The van der Waals surface area contributed by atoms with Gasteiger partial charge in [-0.1, -0.05) is 27.5 Å². The smallest absolute Gasteiger partial charge is 0.260 e. The van der Waals surface area contributed by atoms with E-state index in [2.05, 4.69) is 31.0 Å². The molecule has 0 fully saturated rings. The molecular formula is C22H22BrClN4O3S. The largest absolute Gasteiger partial charge is 0.318 e. The van der Waals surface area contributed by atoms with Gasteiger partial charge in [-0.05, 0) is 68.4 Å². The van der Waals surface area contributed by atoms with Gasteiger partial charge >= 0.3 is 0 Å². The van der Waals surface area contributed by atoms with Crippen LogP contribution >= 0.6 is 27.5 Å². The molecule has 7 nitrogen and oxygen atoms in total. The molecule has 0 atom stereocenters. The maximum Gasteiger partial charge on any atom is 0.260 e. The lowest BCUT2D eigenvalue weighted by molar-refractivity contribution is -0.119. The van der Waals surface area contributed by atoms with Gasteiger partial charge in [-0.15, -0.1) is 0 Å². The number of hydrazone groups is 1. The zero-order valence-electron chi connectivity index (χ0n) is 17.7. The third kappa shape index (κ3) is 5.79. The van der Waals surface area contributed by atoms with E-state index in [0.717, 1.165) is 37.7 Å². The summed E-state index contributed by atoms with van der Waals surface area (Å²) >= 11 is 9.30. The highest BCUT2D eigenvalue weighted by molar-refractivity contribution is 9.10. The molecule has 0 saturated carbocycles. The van der Waals surface area contributed by atoms with Crippen molar-refractivity contribution in [2.75, 3.05) is 17.1 Å². The van der Waals surface area contributed by atoms with Crippen LogP contribution in [0.2, 0.25) is 5.02 Å². The van der Waals surface area contributed by atoms with Crippen molar-refractivity contribution in [1.29, 1.82) is 0 Å². The Bertz CT molecular complexity index is 1250. The Morgan fingerprint density at radius 1 is 1.16 bits per heavy atom. The molecule has 0 aliphatic rings. The van der Waals surface area contributed by atoms with Crippen LogP contribution < -0.4 is 9.73 Å². The first-order valence-electron chi connectivity index (χ1n) is 9.56. The van der Waals surface area contributed by atoms with Gasteiger partial charge in [-0.25, -0.2) is 13.8 Å². The first-order chi connectivity index (χ1) is 15.1. The number of aryl methyl sites for hydroxylation is 1. The van der Waals surface area contributed by atoms with Crippen molar-refractivity contribution in [1.82, 2.24) is 9.99 Å². The van der Waals surface area contributed by atoms with E-state index in [1.165, 1.54) is 12.1 Å². The van der Waals surface area contributed by atoms with Gasteiger partial charge in [-0.2, -0.15) is 5.10 Å². The minimum absolute atomic E-state index is 0.342. The van der Waals surface area contributed by atoms with E-state index < -0.39 is 22.5 Å². The topological polar surface area (TPSA) is 83.8 Å². The quantitative estimate of drug-likeness (QED) is 0.358. The number of rotatable bonds is 7. The number of hydrogen-bond acceptors (Lipinski definition) is 4. The summed E-state index contributed by atoms with van der Waals surface area (Å²) in [7, 11) is -3.67. The molecule has 0 aliphatic heterocycles. The maximum atomic E-state index is 12.4. The van der Waals surface area contributed by atoms with Gasteiger partial charge in [0.25, 0.3) is 5.91 Å². The SMILES string of the molecule is Cc1cc(/C=N/NC(=O)CN(c2ccc(Cl)cc2)S(C)(=O)=O)c(C)n1-c1ccc(Br)cc1. The van der Waals surface area contributed by atoms with Crippen LogP contribution in [0, 0.1) is 13.8 Å². The standard InChI is InChI=1S/C22H22BrClN4O3S/c1-15-12-17(16(2)28(15)21-8-4-18(23)5-9-21)13-25-26-22(29)14-27(32(3,30)31)20-10-6-19(24)7-11-20/h4-13H,14H2,1-3H3,(H,26,29)/b25-13+. The molecule has 1 heterocycles. The van der Waals surface area contributed by atoms with Crippen molar-refractivity contribution < 1.29 is 13.2 Å². The van der Waals surface area contributed by atoms with Crippen molar-refractivity contribution >= 4 is 55.4 Å². The van der Waals surface area contributed by atoms with Crippen LogP contribution in [0.4, 0.5) is 5.69 Å². The summed E-state index contributed by atoms with van der Waals surface area (Å²) in [6, 6.07) is 16.1. The summed E-state index contributed by atoms with van der Waals surface area (Å²) in [6.45, 7) is 3.54. The molecule has 0 spiro atoms. The minimum Gasteiger partial charge on any atom is -0.318 e. The average Bonchev–Trinajstić information content (AvgIpc) is 3.00. The van der Waals surface area contributed by atoms with Crippen LogP contribution in [0.5, 0.6) is 0 Å². The van der Waals surface area contributed by atoms with Gasteiger partial charge < -0.3 is 4.57 Å². The Kier molecular flexibility index (Phi) is 7.43. The fourth-order valence-corrected chi connectivity index (χ4v) is 4.50. The third-order valence-electron chi connectivity index (χ3n) is 4.75. The van der Waals surface area contributed by atoms with E-state index in [-0.39, 0.29) is 0 Å². The van der Waals surface area contributed by atoms with E-state index in [1.54, 1.807) is 18.3 Å². The first-order valence-corrected chi connectivity index (χ1v) is 12.6. The Morgan fingerprint density at radius 2 is 1.78 bits per heavy atom. The lowest BCUT2D eigenvalue weighted by atomic mass is 10.2. The number of amides is 1. The molecule has 0 saturated heterocycles. The molecule has 1 amide bonds. The number of nitrogens with one attached hydrogen (secondary N) is 1. The number of carbonyl (C=O) groups is 1. The third-order valence-corrected chi connectivity index (χ3v) is 6.67. The van der Waals surface area contributed by atoms with Crippen LogP contribution in [0.25, 0.3) is 5.69 Å². The van der Waals surface area contributed by atoms with Crippen molar-refractivity contribution in [3.8, 4) is 5.69 Å². The summed E-state index contributed by atoms with van der Waals surface area (Å²) in [5.41, 5.74) is 6.57. The number of halogens is 2. The number of carbonyl (C=O) groups excluding carboxylic acids is 1. The number of nitrogens with zero attached hydrogens (tertiary/aromatic N) is 3. The summed E-state index contributed by atoms with van der Waals surface area (Å²) < 4.78 is 28.4. The van der Waals surface area contributed by atoms with Crippen LogP contribution in [0.15, 0.2) is 64.2 Å². The van der Waals surface area contributed by atoms with Crippen LogP contribution in [0.3, 0.4) is 0 Å². The first kappa shape index (κ1) is 24.0. The van der Waals surface area contributed by atoms with Crippen LogP contribution in [-0.4, -0.2) is 37.9 Å². The number of anilines is 1. The highest BCUT2D eigenvalue weighted by atomic mass is 79.9. The van der Waals surface area contributed by atoms with Gasteiger partial charge in [0.05, 0.1) is 18.2 Å². The lowest BCUT2D eigenvalue weighted by Crippen LogP contribution is -2.39. The fourth-order valence-electron chi connectivity index (χ4n) is 3.25. The number of sulfonamides is 1. The molecule has 10 heteroatoms. The summed E-state index contributed by atoms with van der Waals surface area (Å²) in [5, 5.41) is 4.49. The van der Waals surface area contributed by atoms with E-state index >= 15 is 0 Å². The Labute approximate surface area is 200 Å². The van der Waals surface area contributed by atoms with E-state index in [4.69, 9.17) is 11.6 Å². The molecule has 1 N–H and O–H groups in total. The number of aromatic nitrogens is 1. The van der Waals surface area contributed by atoms with Gasteiger partial charge in [0.15, 0.2) is 0 Å². The number of hydrogen-bond donors (Lipinski definition) is 1. The maximum absolute atomic E-state index is 12.4. The van der Waals surface area contributed by atoms with Gasteiger partial charge in [-0.3, -0.25) is 9.10 Å². The molecule has 2 aromatic carbocycles. The number of benzene rings is 2. The monoisotopic (exact) mass is 536 g/mol. The normalized spacial score (nSPS) is 11.7. The van der Waals surface area contributed by atoms with Crippen molar-refractivity contribution in [3.63, 3.8) is 0 Å². The lowest BCUT2D eigenvalue weighted by Gasteiger charge is -2.21. The van der Waals surface area contributed by atoms with E-state index in [0.29, 0.717) is 10.7 Å². The average molecular weight is 538 g/mol. The highest BCUT2D eigenvalue weighted by Gasteiger charge is 2.20. The molecule has 32 heavy (non-hydrogen) atoms. The molecule has 0 bridgehead atoms. The zero-order valence-corrected chi connectivity index (χ0v) is 20.9. The van der Waals surface area contributed by atoms with Crippen LogP contribution in [-0.2, 0) is 14.8 Å². The van der Waals surface area contributed by atoms with Gasteiger partial charge in [0.2, 0.25) is 10.0 Å². The predicted octanol–water partition coefficient (Wildman–Crippen LogP) is 4.43. The molecule has 0 radical (unpaired) electrons. The molecule has 3 rings (SSSR count). The zero-order chi connectivity index (χ0) is 23.5. The predicted molar refractivity (Wildman–Crippen MR) is 132 cm³/mol. The van der Waals surface area contributed by atoms with Crippen molar-refractivity contribution in [3.05, 3.63) is 81.0 Å². The molecule has 0 aliphatic carbocycles. The minimum atomic E-state index is -3.67. The van der Waals surface area contributed by atoms with Gasteiger partial charge in [0.1, 0.15) is 6.54 Å². The molecule has 0 unspecified atom stereocenters. The molecule has 1 aromatic heterocycles. The Morgan fingerprint density at radius 3 is 2.38 bits per heavy atom. The second-order valence-electron chi connectivity index (χ2n) is 7.18. The van der Waals surface area contributed by atoms with Crippen molar-refractivity contribution in [2.24, 2.45) is 5.10 Å². The molecule has 168 valence electrons. The summed E-state index contributed by atoms with van der Waals surface area (Å²) in [6.07, 6.45) is 2.58. The Hall–Kier alpha value is -2.62.